The summed E-state index contributed by atoms with van der Waals surface area (Å²) in [6, 6.07) is 15.2. The van der Waals surface area contributed by atoms with Gasteiger partial charge in [0.2, 0.25) is 5.91 Å². The number of carbonyl (C=O) groups excluding carboxylic acids is 2. The number of hydrogen-bond acceptors (Lipinski definition) is 2. The molecule has 2 amide bonds. The zero-order valence-corrected chi connectivity index (χ0v) is 16.5. The molecular formula is C21H22Cl2N2O2. The minimum atomic E-state index is -0.140. The number of carbonyl (C=O) groups is 2. The van der Waals surface area contributed by atoms with E-state index in [1.54, 1.807) is 23.1 Å². The molecule has 2 aromatic rings. The van der Waals surface area contributed by atoms with Crippen molar-refractivity contribution in [3.63, 3.8) is 0 Å². The fraction of sp³-hybridized carbons (Fsp3) is 0.333. The van der Waals surface area contributed by atoms with Crippen LogP contribution < -0.4 is 0 Å². The van der Waals surface area contributed by atoms with E-state index in [4.69, 9.17) is 23.2 Å². The third kappa shape index (κ3) is 5.02. The molecule has 1 heterocycles. The van der Waals surface area contributed by atoms with Gasteiger partial charge in [0.25, 0.3) is 5.91 Å². The van der Waals surface area contributed by atoms with Gasteiger partial charge in [0, 0.05) is 32.6 Å². The Balaban J connectivity index is 1.47. The average Bonchev–Trinajstić information content (AvgIpc) is 2.70. The lowest BCUT2D eigenvalue weighted by Gasteiger charge is -2.35. The molecule has 0 aliphatic carbocycles. The molecule has 2 aromatic carbocycles. The van der Waals surface area contributed by atoms with Gasteiger partial charge in [-0.05, 0) is 30.5 Å². The predicted molar refractivity (Wildman–Crippen MR) is 108 cm³/mol. The molecule has 1 saturated heterocycles. The number of benzene rings is 2. The summed E-state index contributed by atoms with van der Waals surface area (Å²) in [5.41, 5.74) is 1.66. The minimum Gasteiger partial charge on any atom is -0.339 e. The Morgan fingerprint density at radius 2 is 1.52 bits per heavy atom. The summed E-state index contributed by atoms with van der Waals surface area (Å²) < 4.78 is 0. The topological polar surface area (TPSA) is 40.6 Å². The van der Waals surface area contributed by atoms with Crippen LogP contribution in [0.4, 0.5) is 0 Å². The molecule has 0 N–H and O–H groups in total. The Morgan fingerprint density at radius 3 is 2.22 bits per heavy atom. The number of piperazine rings is 1. The standard InChI is InChI=1S/C21H22Cl2N2O2/c22-18-10-5-9-17(20(18)23)21(27)25-14-12-24(13-15-25)19(26)11-4-8-16-6-2-1-3-7-16/h1-3,5-7,9-10H,4,8,11-15H2. The summed E-state index contributed by atoms with van der Waals surface area (Å²) in [6.45, 7) is 2.11. The predicted octanol–water partition coefficient (Wildman–Crippen LogP) is 4.30. The van der Waals surface area contributed by atoms with Crippen molar-refractivity contribution in [1.29, 1.82) is 0 Å². The van der Waals surface area contributed by atoms with Gasteiger partial charge in [0.1, 0.15) is 0 Å². The first-order chi connectivity index (χ1) is 13.1. The highest BCUT2D eigenvalue weighted by Gasteiger charge is 2.26. The van der Waals surface area contributed by atoms with E-state index in [9.17, 15) is 9.59 Å². The molecule has 1 aliphatic heterocycles. The minimum absolute atomic E-state index is 0.140. The van der Waals surface area contributed by atoms with Crippen LogP contribution in [0.3, 0.4) is 0 Å². The number of amides is 2. The van der Waals surface area contributed by atoms with Gasteiger partial charge in [-0.3, -0.25) is 9.59 Å². The summed E-state index contributed by atoms with van der Waals surface area (Å²) in [5, 5.41) is 0.651. The van der Waals surface area contributed by atoms with Crippen LogP contribution in [0.1, 0.15) is 28.8 Å². The van der Waals surface area contributed by atoms with E-state index in [2.05, 4.69) is 12.1 Å². The highest BCUT2D eigenvalue weighted by Crippen LogP contribution is 2.26. The smallest absolute Gasteiger partial charge is 0.255 e. The van der Waals surface area contributed by atoms with Crippen molar-refractivity contribution in [1.82, 2.24) is 9.80 Å². The third-order valence-electron chi connectivity index (χ3n) is 4.80. The maximum Gasteiger partial charge on any atom is 0.255 e. The Labute approximate surface area is 169 Å². The fourth-order valence-electron chi connectivity index (χ4n) is 3.24. The second-order valence-corrected chi connectivity index (χ2v) is 7.40. The fourth-order valence-corrected chi connectivity index (χ4v) is 3.63. The second-order valence-electron chi connectivity index (χ2n) is 6.61. The molecule has 142 valence electrons. The molecule has 3 rings (SSSR count). The van der Waals surface area contributed by atoms with E-state index in [-0.39, 0.29) is 16.8 Å². The second kappa shape index (κ2) is 9.25. The van der Waals surface area contributed by atoms with Crippen molar-refractivity contribution < 1.29 is 9.59 Å². The van der Waals surface area contributed by atoms with Crippen molar-refractivity contribution in [2.75, 3.05) is 26.2 Å². The molecule has 0 spiro atoms. The third-order valence-corrected chi connectivity index (χ3v) is 5.62. The van der Waals surface area contributed by atoms with Crippen molar-refractivity contribution in [3.8, 4) is 0 Å². The summed E-state index contributed by atoms with van der Waals surface area (Å²) in [4.78, 5) is 28.6. The number of hydrogen-bond donors (Lipinski definition) is 0. The zero-order chi connectivity index (χ0) is 19.2. The van der Waals surface area contributed by atoms with E-state index in [0.717, 1.165) is 12.8 Å². The lowest BCUT2D eigenvalue weighted by Crippen LogP contribution is -2.50. The summed E-state index contributed by atoms with van der Waals surface area (Å²) in [6.07, 6.45) is 2.27. The molecule has 0 saturated carbocycles. The van der Waals surface area contributed by atoms with Crippen LogP contribution in [0.2, 0.25) is 10.0 Å². The van der Waals surface area contributed by atoms with Gasteiger partial charge in [-0.15, -0.1) is 0 Å². The molecule has 27 heavy (non-hydrogen) atoms. The van der Waals surface area contributed by atoms with Crippen molar-refractivity contribution >= 4 is 35.0 Å². The first-order valence-corrected chi connectivity index (χ1v) is 9.87. The van der Waals surface area contributed by atoms with Crippen LogP contribution in [-0.2, 0) is 11.2 Å². The van der Waals surface area contributed by atoms with E-state index in [1.807, 2.05) is 23.1 Å². The average molecular weight is 405 g/mol. The highest BCUT2D eigenvalue weighted by molar-refractivity contribution is 6.43. The highest BCUT2D eigenvalue weighted by atomic mass is 35.5. The lowest BCUT2D eigenvalue weighted by molar-refractivity contribution is -0.132. The Morgan fingerprint density at radius 1 is 0.852 bits per heavy atom. The molecule has 4 nitrogen and oxygen atoms in total. The van der Waals surface area contributed by atoms with Crippen LogP contribution >= 0.6 is 23.2 Å². The van der Waals surface area contributed by atoms with Gasteiger partial charge in [-0.1, -0.05) is 59.6 Å². The van der Waals surface area contributed by atoms with Crippen LogP contribution in [0.25, 0.3) is 0 Å². The molecule has 0 radical (unpaired) electrons. The molecule has 0 unspecified atom stereocenters. The maximum absolute atomic E-state index is 12.7. The van der Waals surface area contributed by atoms with Crippen LogP contribution in [-0.4, -0.2) is 47.8 Å². The number of nitrogens with zero attached hydrogens (tertiary/aromatic N) is 2. The molecule has 6 heteroatoms. The van der Waals surface area contributed by atoms with Crippen molar-refractivity contribution in [3.05, 3.63) is 69.7 Å². The molecule has 1 fully saturated rings. The maximum atomic E-state index is 12.7. The SMILES string of the molecule is O=C(CCCc1ccccc1)N1CCN(C(=O)c2cccc(Cl)c2Cl)CC1. The summed E-state index contributed by atoms with van der Waals surface area (Å²) in [7, 11) is 0. The quantitative estimate of drug-likeness (QED) is 0.744. The molecule has 0 atom stereocenters. The molecule has 0 aromatic heterocycles. The lowest BCUT2D eigenvalue weighted by atomic mass is 10.1. The summed E-state index contributed by atoms with van der Waals surface area (Å²) >= 11 is 12.1. The normalized spacial score (nSPS) is 14.3. The zero-order valence-electron chi connectivity index (χ0n) is 15.0. The van der Waals surface area contributed by atoms with Gasteiger partial charge in [-0.2, -0.15) is 0 Å². The Kier molecular flexibility index (Phi) is 6.75. The van der Waals surface area contributed by atoms with Crippen molar-refractivity contribution in [2.45, 2.75) is 19.3 Å². The van der Waals surface area contributed by atoms with Gasteiger partial charge in [-0.25, -0.2) is 0 Å². The van der Waals surface area contributed by atoms with E-state index >= 15 is 0 Å². The molecule has 1 aliphatic rings. The number of rotatable bonds is 5. The first kappa shape index (κ1) is 19.7. The summed E-state index contributed by atoms with van der Waals surface area (Å²) in [5.74, 6) is 0.0116. The number of aryl methyl sites for hydroxylation is 1. The molecule has 0 bridgehead atoms. The van der Waals surface area contributed by atoms with Crippen LogP contribution in [0, 0.1) is 0 Å². The number of halogens is 2. The Bertz CT molecular complexity index is 803. The van der Waals surface area contributed by atoms with Crippen molar-refractivity contribution in [2.24, 2.45) is 0 Å². The molecular weight excluding hydrogens is 383 g/mol. The first-order valence-electron chi connectivity index (χ1n) is 9.11. The largest absolute Gasteiger partial charge is 0.339 e. The monoisotopic (exact) mass is 404 g/mol. The van der Waals surface area contributed by atoms with Crippen LogP contribution in [0.5, 0.6) is 0 Å². The van der Waals surface area contributed by atoms with E-state index in [0.29, 0.717) is 43.2 Å². The van der Waals surface area contributed by atoms with Crippen LogP contribution in [0.15, 0.2) is 48.5 Å². The van der Waals surface area contributed by atoms with Gasteiger partial charge >= 0.3 is 0 Å². The van der Waals surface area contributed by atoms with E-state index < -0.39 is 0 Å². The van der Waals surface area contributed by atoms with Gasteiger partial charge < -0.3 is 9.80 Å². The van der Waals surface area contributed by atoms with E-state index in [1.165, 1.54) is 5.56 Å². The van der Waals surface area contributed by atoms with Gasteiger partial charge in [0.15, 0.2) is 0 Å². The Hall–Kier alpha value is -2.04. The van der Waals surface area contributed by atoms with Gasteiger partial charge in [0.05, 0.1) is 15.6 Å².